The maximum absolute atomic E-state index is 13.2. The first kappa shape index (κ1) is 20.6. The summed E-state index contributed by atoms with van der Waals surface area (Å²) in [6.45, 7) is 4.80. The lowest BCUT2D eigenvalue weighted by Crippen LogP contribution is -2.27. The predicted octanol–water partition coefficient (Wildman–Crippen LogP) is 6.73. The predicted molar refractivity (Wildman–Crippen MR) is 131 cm³/mol. The van der Waals surface area contributed by atoms with Gasteiger partial charge in [-0.1, -0.05) is 79.8 Å². The number of amides is 1. The number of benzene rings is 3. The molecule has 0 N–H and O–H groups in total. The van der Waals surface area contributed by atoms with Crippen LogP contribution in [0, 0.1) is 6.92 Å². The van der Waals surface area contributed by atoms with Crippen LogP contribution in [0.5, 0.6) is 5.75 Å². The number of thiocarbonyl (C=S) groups is 1. The van der Waals surface area contributed by atoms with Gasteiger partial charge in [0.05, 0.1) is 17.2 Å². The Bertz CT molecular complexity index is 1150. The molecule has 3 aromatic carbocycles. The monoisotopic (exact) mass is 433 g/mol. The van der Waals surface area contributed by atoms with Gasteiger partial charge in [0.25, 0.3) is 5.91 Å². The highest BCUT2D eigenvalue weighted by atomic mass is 32.2. The first-order valence-corrected chi connectivity index (χ1v) is 11.3. The zero-order valence-corrected chi connectivity index (χ0v) is 18.7. The first-order chi connectivity index (χ1) is 14.6. The molecular formula is C25H23NO2S2. The van der Waals surface area contributed by atoms with Crippen molar-refractivity contribution in [3.8, 4) is 5.75 Å². The van der Waals surface area contributed by atoms with E-state index in [4.69, 9.17) is 17.0 Å². The standard InChI is InChI=1S/C25H23NO2S2/c1-3-4-14-28-22-13-12-18-9-5-6-11-20(18)21(22)16-23-24(27)26(25(29)30-23)19-10-7-8-17(2)15-19/h5-13,15-16H,3-4,14H2,1-2H3/b23-16+. The van der Waals surface area contributed by atoms with Gasteiger partial charge in [-0.2, -0.15) is 0 Å². The van der Waals surface area contributed by atoms with E-state index in [1.165, 1.54) is 11.8 Å². The summed E-state index contributed by atoms with van der Waals surface area (Å²) < 4.78 is 6.62. The Morgan fingerprint density at radius 1 is 1.10 bits per heavy atom. The fourth-order valence-electron chi connectivity index (χ4n) is 3.47. The molecule has 4 rings (SSSR count). The Kier molecular flexibility index (Phi) is 6.21. The van der Waals surface area contributed by atoms with Gasteiger partial charge in [-0.15, -0.1) is 0 Å². The largest absolute Gasteiger partial charge is 0.493 e. The number of aryl methyl sites for hydroxylation is 1. The highest BCUT2D eigenvalue weighted by Crippen LogP contribution is 2.39. The second-order valence-electron chi connectivity index (χ2n) is 7.26. The van der Waals surface area contributed by atoms with Crippen LogP contribution >= 0.6 is 24.0 Å². The lowest BCUT2D eigenvalue weighted by molar-refractivity contribution is -0.113. The van der Waals surface area contributed by atoms with Crippen LogP contribution in [0.25, 0.3) is 16.8 Å². The lowest BCUT2D eigenvalue weighted by atomic mass is 10.0. The molecule has 5 heteroatoms. The summed E-state index contributed by atoms with van der Waals surface area (Å²) in [7, 11) is 0. The molecule has 1 fully saturated rings. The van der Waals surface area contributed by atoms with Crippen LogP contribution in [0.3, 0.4) is 0 Å². The molecule has 30 heavy (non-hydrogen) atoms. The Balaban J connectivity index is 1.76. The first-order valence-electron chi connectivity index (χ1n) is 10.1. The number of fused-ring (bicyclic) bond motifs is 1. The van der Waals surface area contributed by atoms with E-state index in [1.807, 2.05) is 55.5 Å². The zero-order chi connectivity index (χ0) is 21.1. The van der Waals surface area contributed by atoms with Crippen LogP contribution in [0.4, 0.5) is 5.69 Å². The average Bonchev–Trinajstić information content (AvgIpc) is 3.02. The number of thioether (sulfide) groups is 1. The second kappa shape index (κ2) is 9.02. The lowest BCUT2D eigenvalue weighted by Gasteiger charge is -2.15. The molecule has 0 atom stereocenters. The molecule has 0 radical (unpaired) electrons. The summed E-state index contributed by atoms with van der Waals surface area (Å²) in [4.78, 5) is 15.5. The number of nitrogens with zero attached hydrogens (tertiary/aromatic N) is 1. The summed E-state index contributed by atoms with van der Waals surface area (Å²) in [5.74, 6) is 0.700. The number of carbonyl (C=O) groups excluding carboxylic acids is 1. The molecule has 152 valence electrons. The highest BCUT2D eigenvalue weighted by Gasteiger charge is 2.33. The van der Waals surface area contributed by atoms with Gasteiger partial charge >= 0.3 is 0 Å². The Hall–Kier alpha value is -2.63. The third-order valence-electron chi connectivity index (χ3n) is 5.02. The molecule has 3 nitrogen and oxygen atoms in total. The molecule has 0 aliphatic carbocycles. The van der Waals surface area contributed by atoms with Crippen molar-refractivity contribution in [2.24, 2.45) is 0 Å². The van der Waals surface area contributed by atoms with Gasteiger partial charge in [0.1, 0.15) is 5.75 Å². The normalized spacial score (nSPS) is 15.4. The van der Waals surface area contributed by atoms with Gasteiger partial charge in [0.15, 0.2) is 4.32 Å². The zero-order valence-electron chi connectivity index (χ0n) is 17.1. The molecule has 1 aliphatic heterocycles. The summed E-state index contributed by atoms with van der Waals surface area (Å²) in [5.41, 5.74) is 2.82. The number of hydrogen-bond donors (Lipinski definition) is 0. The summed E-state index contributed by atoms with van der Waals surface area (Å²) >= 11 is 6.88. The maximum Gasteiger partial charge on any atom is 0.270 e. The molecule has 1 aliphatic rings. The Labute approximate surface area is 186 Å². The molecule has 0 aromatic heterocycles. The average molecular weight is 434 g/mol. The Morgan fingerprint density at radius 2 is 1.93 bits per heavy atom. The van der Waals surface area contributed by atoms with Crippen LogP contribution in [0.2, 0.25) is 0 Å². The molecule has 0 saturated carbocycles. The van der Waals surface area contributed by atoms with Crippen molar-refractivity contribution in [1.82, 2.24) is 0 Å². The van der Waals surface area contributed by atoms with Crippen molar-refractivity contribution in [1.29, 1.82) is 0 Å². The van der Waals surface area contributed by atoms with Crippen molar-refractivity contribution >= 4 is 56.7 Å². The summed E-state index contributed by atoms with van der Waals surface area (Å²) in [6, 6.07) is 20.0. The van der Waals surface area contributed by atoms with E-state index in [0.29, 0.717) is 15.8 Å². The van der Waals surface area contributed by atoms with Crippen molar-refractivity contribution in [3.05, 3.63) is 76.7 Å². The molecule has 0 spiro atoms. The third-order valence-corrected chi connectivity index (χ3v) is 6.32. The molecule has 0 unspecified atom stereocenters. The second-order valence-corrected chi connectivity index (χ2v) is 8.93. The fourth-order valence-corrected chi connectivity index (χ4v) is 4.75. The minimum atomic E-state index is -0.0944. The van der Waals surface area contributed by atoms with E-state index in [1.54, 1.807) is 4.90 Å². The molecule has 3 aromatic rings. The quantitative estimate of drug-likeness (QED) is 0.245. The van der Waals surface area contributed by atoms with Gasteiger partial charge in [-0.3, -0.25) is 9.69 Å². The number of unbranched alkanes of at least 4 members (excludes halogenated alkanes) is 1. The minimum absolute atomic E-state index is 0.0944. The van der Waals surface area contributed by atoms with Crippen molar-refractivity contribution in [2.45, 2.75) is 26.7 Å². The smallest absolute Gasteiger partial charge is 0.270 e. The minimum Gasteiger partial charge on any atom is -0.493 e. The van der Waals surface area contributed by atoms with E-state index in [9.17, 15) is 4.79 Å². The Morgan fingerprint density at radius 3 is 2.73 bits per heavy atom. The van der Waals surface area contributed by atoms with Gasteiger partial charge in [0.2, 0.25) is 0 Å². The van der Waals surface area contributed by atoms with Crippen LogP contribution in [0.15, 0.2) is 65.6 Å². The highest BCUT2D eigenvalue weighted by molar-refractivity contribution is 8.27. The maximum atomic E-state index is 13.2. The third kappa shape index (κ3) is 4.13. The van der Waals surface area contributed by atoms with Crippen LogP contribution in [-0.2, 0) is 4.79 Å². The molecule has 1 saturated heterocycles. The van der Waals surface area contributed by atoms with Gasteiger partial charge < -0.3 is 4.74 Å². The van der Waals surface area contributed by atoms with Crippen molar-refractivity contribution in [2.75, 3.05) is 11.5 Å². The summed E-state index contributed by atoms with van der Waals surface area (Å²) in [6.07, 6.45) is 3.98. The van der Waals surface area contributed by atoms with E-state index in [-0.39, 0.29) is 5.91 Å². The van der Waals surface area contributed by atoms with Gasteiger partial charge in [-0.05, 0) is 54.0 Å². The topological polar surface area (TPSA) is 29.5 Å². The van der Waals surface area contributed by atoms with Crippen molar-refractivity contribution < 1.29 is 9.53 Å². The van der Waals surface area contributed by atoms with Gasteiger partial charge in [0, 0.05) is 5.56 Å². The van der Waals surface area contributed by atoms with E-state index in [0.717, 1.165) is 46.2 Å². The van der Waals surface area contributed by atoms with E-state index >= 15 is 0 Å². The number of rotatable bonds is 6. The number of carbonyl (C=O) groups is 1. The van der Waals surface area contributed by atoms with Crippen LogP contribution < -0.4 is 9.64 Å². The van der Waals surface area contributed by atoms with E-state index < -0.39 is 0 Å². The SMILES string of the molecule is CCCCOc1ccc2ccccc2c1/C=C1/SC(=S)N(c2cccc(C)c2)C1=O. The van der Waals surface area contributed by atoms with Crippen molar-refractivity contribution in [3.63, 3.8) is 0 Å². The van der Waals surface area contributed by atoms with Gasteiger partial charge in [-0.25, -0.2) is 0 Å². The summed E-state index contributed by atoms with van der Waals surface area (Å²) in [5, 5.41) is 2.17. The number of ether oxygens (including phenoxy) is 1. The molecule has 0 bridgehead atoms. The molecule has 1 amide bonds. The van der Waals surface area contributed by atoms with E-state index in [2.05, 4.69) is 25.1 Å². The van der Waals surface area contributed by atoms with Crippen LogP contribution in [0.1, 0.15) is 30.9 Å². The number of hydrogen-bond acceptors (Lipinski definition) is 4. The molecule has 1 heterocycles. The molecular weight excluding hydrogens is 410 g/mol. The number of anilines is 1. The fraction of sp³-hybridized carbons (Fsp3) is 0.200. The van der Waals surface area contributed by atoms with Crippen LogP contribution in [-0.4, -0.2) is 16.8 Å².